The third-order valence-corrected chi connectivity index (χ3v) is 6.57. The number of hydrogen-bond donors (Lipinski definition) is 1. The first-order valence-corrected chi connectivity index (χ1v) is 10.2. The number of rotatable bonds is 8. The Hall–Kier alpha value is -1.60. The van der Waals surface area contributed by atoms with Crippen LogP contribution in [0.1, 0.15) is 48.9 Å². The molecule has 1 fully saturated rings. The van der Waals surface area contributed by atoms with Crippen LogP contribution in [0.2, 0.25) is 0 Å². The molecule has 0 spiro atoms. The number of benzene rings is 1. The molecule has 0 radical (unpaired) electrons. The third kappa shape index (κ3) is 4.95. The zero-order valence-corrected chi connectivity index (χ0v) is 16.1. The number of carbonyl (C=O) groups is 1. The summed E-state index contributed by atoms with van der Waals surface area (Å²) in [4.78, 5) is 12.3. The Labute approximate surface area is 150 Å². The predicted molar refractivity (Wildman–Crippen MR) is 97.4 cm³/mol. The van der Waals surface area contributed by atoms with Crippen molar-refractivity contribution in [2.24, 2.45) is 5.92 Å². The molecule has 1 amide bonds. The number of nitrogens with one attached hydrogen (secondary N) is 1. The van der Waals surface area contributed by atoms with Crippen LogP contribution in [0.25, 0.3) is 0 Å². The standard InChI is InChI=1S/C18H28N2O4S/c1-20(2)25(22,23)17-13-15(10-11-16(17)24-3)18(21)19-12-6-9-14-7-4-5-8-14/h10-11,13-14H,4-9,12H2,1-3H3,(H,19,21). The average molecular weight is 368 g/mol. The lowest BCUT2D eigenvalue weighted by molar-refractivity contribution is 0.0952. The van der Waals surface area contributed by atoms with Gasteiger partial charge in [0.05, 0.1) is 7.11 Å². The summed E-state index contributed by atoms with van der Waals surface area (Å²) in [7, 11) is 0.624. The molecule has 0 bridgehead atoms. The van der Waals surface area contributed by atoms with E-state index in [0.29, 0.717) is 12.1 Å². The van der Waals surface area contributed by atoms with Crippen LogP contribution in [0.3, 0.4) is 0 Å². The Kier molecular flexibility index (Phi) is 6.84. The van der Waals surface area contributed by atoms with Crippen LogP contribution in [0.5, 0.6) is 5.75 Å². The number of methoxy groups -OCH3 is 1. The number of hydrogen-bond acceptors (Lipinski definition) is 4. The van der Waals surface area contributed by atoms with Gasteiger partial charge in [-0.2, -0.15) is 0 Å². The number of nitrogens with zero attached hydrogens (tertiary/aromatic N) is 1. The van der Waals surface area contributed by atoms with Gasteiger partial charge in [0.15, 0.2) is 0 Å². The van der Waals surface area contributed by atoms with E-state index in [1.807, 2.05) is 0 Å². The van der Waals surface area contributed by atoms with Gasteiger partial charge in [0, 0.05) is 26.2 Å². The van der Waals surface area contributed by atoms with Crippen molar-refractivity contribution in [3.63, 3.8) is 0 Å². The minimum Gasteiger partial charge on any atom is -0.495 e. The Morgan fingerprint density at radius 1 is 1.28 bits per heavy atom. The fourth-order valence-electron chi connectivity index (χ4n) is 3.21. The molecule has 0 atom stereocenters. The molecular weight excluding hydrogens is 340 g/mol. The fourth-order valence-corrected chi connectivity index (χ4v) is 4.28. The average Bonchev–Trinajstić information content (AvgIpc) is 3.11. The highest BCUT2D eigenvalue weighted by atomic mass is 32.2. The Morgan fingerprint density at radius 2 is 1.96 bits per heavy atom. The number of sulfonamides is 1. The van der Waals surface area contributed by atoms with E-state index in [0.717, 1.165) is 23.1 Å². The Balaban J connectivity index is 2.02. The first-order chi connectivity index (χ1) is 11.9. The second-order valence-electron chi connectivity index (χ2n) is 6.70. The van der Waals surface area contributed by atoms with Crippen molar-refractivity contribution >= 4 is 15.9 Å². The zero-order chi connectivity index (χ0) is 18.4. The number of ether oxygens (including phenoxy) is 1. The summed E-state index contributed by atoms with van der Waals surface area (Å²) < 4.78 is 31.1. The van der Waals surface area contributed by atoms with Crippen LogP contribution in [0, 0.1) is 5.92 Å². The van der Waals surface area contributed by atoms with Crippen LogP contribution in [-0.4, -0.2) is 46.4 Å². The van der Waals surface area contributed by atoms with Crippen LogP contribution >= 0.6 is 0 Å². The van der Waals surface area contributed by atoms with Crippen molar-refractivity contribution in [3.05, 3.63) is 23.8 Å². The van der Waals surface area contributed by atoms with Crippen LogP contribution in [0.4, 0.5) is 0 Å². The Bertz CT molecular complexity index is 695. The monoisotopic (exact) mass is 368 g/mol. The molecule has 1 aliphatic rings. The van der Waals surface area contributed by atoms with Gasteiger partial charge in [-0.25, -0.2) is 12.7 Å². The summed E-state index contributed by atoms with van der Waals surface area (Å²) in [6.07, 6.45) is 7.35. The highest BCUT2D eigenvalue weighted by Gasteiger charge is 2.24. The maximum atomic E-state index is 12.4. The first-order valence-electron chi connectivity index (χ1n) is 8.75. The minimum absolute atomic E-state index is 0.00129. The van der Waals surface area contributed by atoms with Gasteiger partial charge in [0.2, 0.25) is 10.0 Å². The topological polar surface area (TPSA) is 75.7 Å². The molecule has 1 saturated carbocycles. The molecule has 0 aromatic heterocycles. The van der Waals surface area contributed by atoms with E-state index in [1.54, 1.807) is 6.07 Å². The minimum atomic E-state index is -3.68. The largest absolute Gasteiger partial charge is 0.495 e. The third-order valence-electron chi connectivity index (χ3n) is 4.73. The predicted octanol–water partition coefficient (Wildman–Crippen LogP) is 2.65. The lowest BCUT2D eigenvalue weighted by Gasteiger charge is -2.15. The molecule has 0 saturated heterocycles. The highest BCUT2D eigenvalue weighted by Crippen LogP contribution is 2.28. The molecule has 1 N–H and O–H groups in total. The van der Waals surface area contributed by atoms with Gasteiger partial charge in [-0.1, -0.05) is 25.7 Å². The van der Waals surface area contributed by atoms with Crippen LogP contribution in [0.15, 0.2) is 23.1 Å². The lowest BCUT2D eigenvalue weighted by atomic mass is 10.0. The zero-order valence-electron chi connectivity index (χ0n) is 15.2. The summed E-state index contributed by atoms with van der Waals surface area (Å²) in [6, 6.07) is 4.48. The van der Waals surface area contributed by atoms with Crippen molar-refractivity contribution in [1.29, 1.82) is 0 Å². The quantitative estimate of drug-likeness (QED) is 0.716. The van der Waals surface area contributed by atoms with Crippen LogP contribution in [-0.2, 0) is 10.0 Å². The molecule has 0 aliphatic heterocycles. The molecule has 25 heavy (non-hydrogen) atoms. The summed E-state index contributed by atoms with van der Waals surface area (Å²) in [5.41, 5.74) is 0.321. The van der Waals surface area contributed by atoms with Gasteiger partial charge < -0.3 is 10.1 Å². The van der Waals surface area contributed by atoms with E-state index < -0.39 is 10.0 Å². The van der Waals surface area contributed by atoms with Gasteiger partial charge >= 0.3 is 0 Å². The molecule has 0 heterocycles. The fraction of sp³-hybridized carbons (Fsp3) is 0.611. The second kappa shape index (κ2) is 8.67. The van der Waals surface area contributed by atoms with Crippen molar-refractivity contribution in [2.45, 2.75) is 43.4 Å². The van der Waals surface area contributed by atoms with Gasteiger partial charge in [-0.05, 0) is 37.0 Å². The lowest BCUT2D eigenvalue weighted by Crippen LogP contribution is -2.26. The maximum absolute atomic E-state index is 12.4. The smallest absolute Gasteiger partial charge is 0.251 e. The molecule has 6 nitrogen and oxygen atoms in total. The normalized spacial score (nSPS) is 15.5. The molecule has 0 unspecified atom stereocenters. The SMILES string of the molecule is COc1ccc(C(=O)NCCCC2CCCC2)cc1S(=O)(=O)N(C)C. The second-order valence-corrected chi connectivity index (χ2v) is 8.82. The first kappa shape index (κ1) is 19.7. The molecule has 1 aliphatic carbocycles. The van der Waals surface area contributed by atoms with E-state index in [2.05, 4.69) is 5.32 Å². The van der Waals surface area contributed by atoms with Gasteiger partial charge in [-0.3, -0.25) is 4.79 Å². The Morgan fingerprint density at radius 3 is 2.56 bits per heavy atom. The summed E-state index contributed by atoms with van der Waals surface area (Å²) in [5.74, 6) is 0.769. The summed E-state index contributed by atoms with van der Waals surface area (Å²) in [5, 5.41) is 2.88. The highest BCUT2D eigenvalue weighted by molar-refractivity contribution is 7.89. The molecule has 1 aromatic carbocycles. The van der Waals surface area contributed by atoms with Gasteiger partial charge in [-0.15, -0.1) is 0 Å². The summed E-state index contributed by atoms with van der Waals surface area (Å²) >= 11 is 0. The van der Waals surface area contributed by atoms with Crippen molar-refractivity contribution in [2.75, 3.05) is 27.7 Å². The van der Waals surface area contributed by atoms with E-state index in [-0.39, 0.29) is 16.6 Å². The van der Waals surface area contributed by atoms with E-state index in [9.17, 15) is 13.2 Å². The maximum Gasteiger partial charge on any atom is 0.251 e. The number of carbonyl (C=O) groups excluding carboxylic acids is 1. The molecule has 2 rings (SSSR count). The van der Waals surface area contributed by atoms with Gasteiger partial charge in [0.1, 0.15) is 10.6 Å². The van der Waals surface area contributed by atoms with Gasteiger partial charge in [0.25, 0.3) is 5.91 Å². The van der Waals surface area contributed by atoms with Crippen molar-refractivity contribution < 1.29 is 17.9 Å². The molecule has 140 valence electrons. The molecular formula is C18H28N2O4S. The number of amides is 1. The molecule has 7 heteroatoms. The molecule has 1 aromatic rings. The van der Waals surface area contributed by atoms with E-state index in [4.69, 9.17) is 4.74 Å². The summed E-state index contributed by atoms with van der Waals surface area (Å²) in [6.45, 7) is 0.608. The van der Waals surface area contributed by atoms with Crippen LogP contribution < -0.4 is 10.1 Å². The van der Waals surface area contributed by atoms with E-state index >= 15 is 0 Å². The van der Waals surface area contributed by atoms with Crippen molar-refractivity contribution in [3.8, 4) is 5.75 Å². The van der Waals surface area contributed by atoms with Crippen molar-refractivity contribution in [1.82, 2.24) is 9.62 Å². The van der Waals surface area contributed by atoms with E-state index in [1.165, 1.54) is 59.0 Å².